The van der Waals surface area contributed by atoms with Crippen molar-refractivity contribution in [1.29, 1.82) is 0 Å². The first-order valence-electron chi connectivity index (χ1n) is 12.8. The minimum atomic E-state index is -1.68. The van der Waals surface area contributed by atoms with Gasteiger partial charge in [0.05, 0.1) is 6.04 Å². The lowest BCUT2D eigenvalue weighted by Crippen LogP contribution is -2.48. The van der Waals surface area contributed by atoms with Crippen LogP contribution >= 0.6 is 23.2 Å². The molecule has 2 aliphatic heterocycles. The lowest BCUT2D eigenvalue weighted by molar-refractivity contribution is 0.0666. The predicted molar refractivity (Wildman–Crippen MR) is 153 cm³/mol. The number of carbonyl (C=O) groups excluding carboxylic acids is 3. The predicted octanol–water partition coefficient (Wildman–Crippen LogP) is 7.45. The third-order valence-corrected chi connectivity index (χ3v) is 9.00. The Morgan fingerprint density at radius 1 is 0.825 bits per heavy atom. The van der Waals surface area contributed by atoms with E-state index < -0.39 is 29.2 Å². The van der Waals surface area contributed by atoms with Crippen molar-refractivity contribution in [2.24, 2.45) is 5.41 Å². The van der Waals surface area contributed by atoms with Crippen molar-refractivity contribution in [3.63, 3.8) is 0 Å². The first-order chi connectivity index (χ1) is 19.3. The largest absolute Gasteiger partial charge is 0.352 e. The van der Waals surface area contributed by atoms with Gasteiger partial charge in [-0.3, -0.25) is 14.4 Å². The van der Waals surface area contributed by atoms with E-state index in [1.165, 1.54) is 12.1 Å². The summed E-state index contributed by atoms with van der Waals surface area (Å²) in [6.07, 6.45) is 3.48. The third kappa shape index (κ3) is 3.28. The molecular weight excluding hydrogens is 548 g/mol. The van der Waals surface area contributed by atoms with Crippen LogP contribution in [-0.4, -0.2) is 29.4 Å². The Kier molecular flexibility index (Phi) is 5.60. The van der Waals surface area contributed by atoms with Crippen molar-refractivity contribution in [1.82, 2.24) is 0 Å². The molecule has 7 heteroatoms. The van der Waals surface area contributed by atoms with Gasteiger partial charge in [0, 0.05) is 43.9 Å². The van der Waals surface area contributed by atoms with Gasteiger partial charge >= 0.3 is 0 Å². The Morgan fingerprint density at radius 3 is 2.15 bits per heavy atom. The third-order valence-electron chi connectivity index (χ3n) is 8.40. The molecule has 0 aromatic heterocycles. The van der Waals surface area contributed by atoms with E-state index in [1.54, 1.807) is 91.0 Å². The maximum atomic E-state index is 14.6. The van der Waals surface area contributed by atoms with Crippen molar-refractivity contribution in [2.75, 3.05) is 4.90 Å². The van der Waals surface area contributed by atoms with E-state index >= 15 is 0 Å². The highest BCUT2D eigenvalue weighted by Crippen LogP contribution is 2.61. The molecule has 7 rings (SSSR count). The van der Waals surface area contributed by atoms with E-state index in [9.17, 15) is 18.8 Å². The molecule has 0 N–H and O–H groups in total. The molecule has 0 bridgehead atoms. The summed E-state index contributed by atoms with van der Waals surface area (Å²) < 4.78 is 14.3. The summed E-state index contributed by atoms with van der Waals surface area (Å²) in [6.45, 7) is 0. The summed E-state index contributed by atoms with van der Waals surface area (Å²) in [5.74, 6) is -2.38. The Balaban J connectivity index is 1.56. The molecule has 40 heavy (non-hydrogen) atoms. The number of hydrogen-bond acceptors (Lipinski definition) is 4. The zero-order valence-corrected chi connectivity index (χ0v) is 22.4. The molecule has 1 spiro atoms. The van der Waals surface area contributed by atoms with Gasteiger partial charge in [-0.25, -0.2) is 4.39 Å². The topological polar surface area (TPSA) is 54.5 Å². The first kappa shape index (κ1) is 24.9. The highest BCUT2D eigenvalue weighted by molar-refractivity contribution is 6.34. The molecule has 4 aromatic carbocycles. The van der Waals surface area contributed by atoms with Gasteiger partial charge in [-0.2, -0.15) is 0 Å². The van der Waals surface area contributed by atoms with Gasteiger partial charge in [-0.1, -0.05) is 77.8 Å². The summed E-state index contributed by atoms with van der Waals surface area (Å²) in [7, 11) is 0. The molecule has 0 amide bonds. The average molecular weight is 568 g/mol. The maximum Gasteiger partial charge on any atom is 0.185 e. The smallest absolute Gasteiger partial charge is 0.185 e. The summed E-state index contributed by atoms with van der Waals surface area (Å²) >= 11 is 12.9. The van der Waals surface area contributed by atoms with Crippen LogP contribution in [0.2, 0.25) is 10.0 Å². The van der Waals surface area contributed by atoms with Crippen LogP contribution in [0.4, 0.5) is 10.1 Å². The molecule has 4 nitrogen and oxygen atoms in total. The van der Waals surface area contributed by atoms with Crippen molar-refractivity contribution in [2.45, 2.75) is 18.0 Å². The lowest BCUT2D eigenvalue weighted by Gasteiger charge is -2.37. The maximum absolute atomic E-state index is 14.6. The zero-order valence-electron chi connectivity index (χ0n) is 20.9. The Labute approximate surface area is 239 Å². The number of halogens is 3. The zero-order chi connectivity index (χ0) is 27.8. The standard InChI is InChI=1S/C33H20Cl2FNO3/c34-20-12-9-18(10-13-20)30(38)29-28(24-7-3-4-8-25(24)35)33(31(39)22-5-1-2-6-23(22)32(33)40)27-16-11-19-17-21(36)14-15-26(19)37(27)29/h1-17,27-29H/t27-,28-,29+/m1/s1. The van der Waals surface area contributed by atoms with Crippen molar-refractivity contribution in [3.8, 4) is 0 Å². The summed E-state index contributed by atoms with van der Waals surface area (Å²) in [6, 6.07) is 22.8. The fourth-order valence-corrected chi connectivity index (χ4v) is 7.18. The number of benzene rings is 4. The molecule has 1 fully saturated rings. The van der Waals surface area contributed by atoms with Gasteiger partial charge in [0.15, 0.2) is 17.3 Å². The van der Waals surface area contributed by atoms with E-state index in [1.807, 2.05) is 4.90 Å². The molecule has 1 aliphatic carbocycles. The van der Waals surface area contributed by atoms with Gasteiger partial charge in [-0.05, 0) is 54.1 Å². The van der Waals surface area contributed by atoms with Crippen LogP contribution in [-0.2, 0) is 0 Å². The monoisotopic (exact) mass is 567 g/mol. The van der Waals surface area contributed by atoms with Crippen molar-refractivity contribution in [3.05, 3.63) is 141 Å². The number of hydrogen-bond donors (Lipinski definition) is 0. The fourth-order valence-electron chi connectivity index (χ4n) is 6.80. The fraction of sp³-hybridized carbons (Fsp3) is 0.121. The molecule has 0 saturated carbocycles. The number of Topliss-reactive ketones (excluding diaryl/α,β-unsaturated/α-hetero) is 3. The Hall–Kier alpha value is -4.06. The second-order valence-corrected chi connectivity index (χ2v) is 11.1. The van der Waals surface area contributed by atoms with Crippen LogP contribution in [0.25, 0.3) is 6.08 Å². The van der Waals surface area contributed by atoms with Gasteiger partial charge in [0.1, 0.15) is 17.3 Å². The number of anilines is 1. The second-order valence-electron chi connectivity index (χ2n) is 10.3. The van der Waals surface area contributed by atoms with Gasteiger partial charge in [-0.15, -0.1) is 0 Å². The van der Waals surface area contributed by atoms with Gasteiger partial charge in [0.25, 0.3) is 0 Å². The molecule has 0 unspecified atom stereocenters. The van der Waals surface area contributed by atoms with Crippen LogP contribution < -0.4 is 4.90 Å². The number of carbonyl (C=O) groups is 3. The van der Waals surface area contributed by atoms with E-state index in [4.69, 9.17) is 23.2 Å². The van der Waals surface area contributed by atoms with Crippen molar-refractivity contribution >= 4 is 52.3 Å². The number of fused-ring (bicyclic) bond motifs is 5. The highest BCUT2D eigenvalue weighted by Gasteiger charge is 2.71. The summed E-state index contributed by atoms with van der Waals surface area (Å²) in [5, 5.41) is 0.818. The van der Waals surface area contributed by atoms with Crippen LogP contribution in [0.15, 0.2) is 97.1 Å². The van der Waals surface area contributed by atoms with Crippen LogP contribution in [0.3, 0.4) is 0 Å². The van der Waals surface area contributed by atoms with E-state index in [0.29, 0.717) is 43.5 Å². The van der Waals surface area contributed by atoms with E-state index in [0.717, 1.165) is 0 Å². The van der Waals surface area contributed by atoms with E-state index in [-0.39, 0.29) is 17.3 Å². The molecular formula is C33H20Cl2FNO3. The van der Waals surface area contributed by atoms with Crippen molar-refractivity contribution < 1.29 is 18.8 Å². The molecule has 1 saturated heterocycles. The quantitative estimate of drug-likeness (QED) is 0.190. The van der Waals surface area contributed by atoms with Crippen LogP contribution in [0, 0.1) is 11.2 Å². The number of ketones is 3. The molecule has 2 heterocycles. The Morgan fingerprint density at radius 2 is 1.48 bits per heavy atom. The SMILES string of the molecule is O=C(c1ccc(Cl)cc1)[C@@H]1[C@@H](c2ccccc2Cl)C2(C(=O)c3ccccc3C2=O)[C@H]2C=Cc3cc(F)ccc3N12. The first-order valence-corrected chi connectivity index (χ1v) is 13.6. The lowest BCUT2D eigenvalue weighted by atomic mass is 9.64. The van der Waals surface area contributed by atoms with Gasteiger partial charge < -0.3 is 4.90 Å². The number of nitrogens with zero attached hydrogens (tertiary/aromatic N) is 1. The average Bonchev–Trinajstić information content (AvgIpc) is 3.39. The Bertz CT molecular complexity index is 1750. The molecule has 4 aromatic rings. The normalized spacial score (nSPS) is 21.9. The second kappa shape index (κ2) is 8.98. The number of rotatable bonds is 3. The van der Waals surface area contributed by atoms with E-state index in [2.05, 4.69) is 0 Å². The molecule has 3 aliphatic rings. The summed E-state index contributed by atoms with van der Waals surface area (Å²) in [4.78, 5) is 45.6. The molecule has 196 valence electrons. The van der Waals surface area contributed by atoms with Crippen LogP contribution in [0.5, 0.6) is 0 Å². The minimum absolute atomic E-state index is 0.300. The summed E-state index contributed by atoms with van der Waals surface area (Å²) in [5.41, 5.74) is 0.977. The molecule has 3 atom stereocenters. The molecule has 0 radical (unpaired) electrons. The van der Waals surface area contributed by atoms with Gasteiger partial charge in [0.2, 0.25) is 0 Å². The van der Waals surface area contributed by atoms with Crippen LogP contribution in [0.1, 0.15) is 48.1 Å². The highest BCUT2D eigenvalue weighted by atomic mass is 35.5. The minimum Gasteiger partial charge on any atom is -0.352 e.